The van der Waals surface area contributed by atoms with Crippen molar-refractivity contribution in [1.29, 1.82) is 0 Å². The van der Waals surface area contributed by atoms with Gasteiger partial charge in [-0.1, -0.05) is 64.8 Å². The number of amides is 1. The highest BCUT2D eigenvalue weighted by atomic mass is 16.8. The summed E-state index contributed by atoms with van der Waals surface area (Å²) in [5.41, 5.74) is 3.38. The summed E-state index contributed by atoms with van der Waals surface area (Å²) in [6, 6.07) is 6.67. The van der Waals surface area contributed by atoms with Gasteiger partial charge in [0, 0.05) is 78.7 Å². The van der Waals surface area contributed by atoms with Crippen LogP contribution in [0, 0.1) is 74.9 Å². The molecule has 4 aliphatic heterocycles. The van der Waals surface area contributed by atoms with Crippen LogP contribution in [0.15, 0.2) is 56.8 Å². The third kappa shape index (κ3) is 7.79. The van der Waals surface area contributed by atoms with Crippen LogP contribution >= 0.6 is 0 Å². The Bertz CT molecular complexity index is 3510. The van der Waals surface area contributed by atoms with E-state index in [0.29, 0.717) is 46.6 Å². The van der Waals surface area contributed by atoms with Gasteiger partial charge in [-0.05, 0) is 155 Å². The van der Waals surface area contributed by atoms with Gasteiger partial charge in [0.1, 0.15) is 42.1 Å². The highest BCUT2D eigenvalue weighted by Crippen LogP contribution is 2.73. The third-order valence-electron chi connectivity index (χ3n) is 26.5. The van der Waals surface area contributed by atoms with E-state index in [9.17, 15) is 34.8 Å². The summed E-state index contributed by atoms with van der Waals surface area (Å²) in [5.74, 6) is -2.10. The number of benzene rings is 1. The molecule has 15 rings (SSSR count). The second-order valence-electron chi connectivity index (χ2n) is 31.4. The maximum Gasteiger partial charge on any atom is 0.336 e. The second kappa shape index (κ2) is 18.8. The summed E-state index contributed by atoms with van der Waals surface area (Å²) in [5, 5.41) is 53.8. The highest BCUT2D eigenvalue weighted by molar-refractivity contribution is 5.90. The first-order valence-corrected chi connectivity index (χ1v) is 32.5. The number of hydrogen-bond donors (Lipinski definition) is 5. The summed E-state index contributed by atoms with van der Waals surface area (Å²) in [7, 11) is 3.75. The average molecular weight is 1180 g/mol. The molecule has 0 radical (unpaired) electrons. The van der Waals surface area contributed by atoms with Crippen LogP contribution in [0.3, 0.4) is 0 Å². The molecule has 22 atom stereocenters. The lowest BCUT2D eigenvalue weighted by Gasteiger charge is -2.61. The number of ether oxygens (including phenoxy) is 5. The number of nitrogens with one attached hydrogen (secondary N) is 1. The Balaban J connectivity index is 0.614. The molecule has 1 unspecified atom stereocenters. The van der Waals surface area contributed by atoms with Crippen molar-refractivity contribution in [1.82, 2.24) is 15.3 Å². The number of carbonyl (C=O) groups is 2. The number of aromatic nitrogens is 2. The van der Waals surface area contributed by atoms with Crippen LogP contribution in [0.5, 0.6) is 0 Å². The van der Waals surface area contributed by atoms with Gasteiger partial charge in [0.15, 0.2) is 5.79 Å². The quantitative estimate of drug-likeness (QED) is 0.0881. The number of anilines is 1. The fourth-order valence-corrected chi connectivity index (χ4v) is 21.8. The molecule has 12 aliphatic rings. The average Bonchev–Trinajstić information content (AvgIpc) is 1.48. The molecule has 4 saturated heterocycles. The van der Waals surface area contributed by atoms with E-state index in [-0.39, 0.29) is 71.1 Å². The highest BCUT2D eigenvalue weighted by Gasteiger charge is 2.79. The molecule has 6 heterocycles. The Kier molecular flexibility index (Phi) is 12.6. The molecule has 17 heteroatoms. The summed E-state index contributed by atoms with van der Waals surface area (Å²) in [6.07, 6.45) is 11.6. The van der Waals surface area contributed by atoms with E-state index >= 15 is 0 Å². The van der Waals surface area contributed by atoms with Crippen molar-refractivity contribution in [2.45, 2.75) is 211 Å². The van der Waals surface area contributed by atoms with Crippen molar-refractivity contribution in [3.05, 3.63) is 86.3 Å². The van der Waals surface area contributed by atoms with Crippen LogP contribution in [0.4, 0.5) is 5.69 Å². The first-order valence-electron chi connectivity index (χ1n) is 32.5. The molecule has 0 bridgehead atoms. The van der Waals surface area contributed by atoms with Crippen LogP contribution in [0.1, 0.15) is 148 Å². The molecule has 8 fully saturated rings. The number of hydrogen-bond acceptors (Lipinski definition) is 16. The maximum atomic E-state index is 13.3. The lowest BCUT2D eigenvalue weighted by atomic mass is 9.44. The summed E-state index contributed by atoms with van der Waals surface area (Å²) >= 11 is 0. The van der Waals surface area contributed by atoms with Crippen molar-refractivity contribution in [3.63, 3.8) is 0 Å². The lowest BCUT2D eigenvalue weighted by molar-refractivity contribution is -0.281. The standard InChI is InChI=1S/C69H90N4O13/c1-34-60-52(83-67(34)19-18-61(3,4)85-67)25-45-41-15-12-37-22-47-49(29-63(37,6)43(41)26-53(74)65(45,60)8)71-48-23-38-13-16-42-44(64(38,7)30-50(48)72-47)27-54(75)66(9)46(42)28-56-68(66,80)35(2)69(84-56)55(76)31-62(5,86-69)33-81-59(79)32-70-57(77)20-36-21-58(78)82-51-24-39(73(10)11)14-17-40(36)51/h14,17,21,24-25,28,34-35,37-38,41-44,52-56,60,74-76,80H,12-13,15-16,18-20,22-23,26-27,29-33H2,1-11H3,(H,70,77)/t34-,35-,37-,38-,41+,42+,43-,44-,52?,53+,54+,55+,56-,60-,62-,63-,64-,65+,66+,67+,68+,69-/m0/s1. The van der Waals surface area contributed by atoms with Gasteiger partial charge in [0.05, 0.1) is 53.1 Å². The summed E-state index contributed by atoms with van der Waals surface area (Å²) in [6.45, 7) is 18.8. The molecule has 86 heavy (non-hydrogen) atoms. The van der Waals surface area contributed by atoms with Crippen LogP contribution in [-0.2, 0) is 65.4 Å². The fourth-order valence-electron chi connectivity index (χ4n) is 21.8. The van der Waals surface area contributed by atoms with Gasteiger partial charge in [0.2, 0.25) is 11.7 Å². The van der Waals surface area contributed by atoms with E-state index in [1.807, 2.05) is 45.0 Å². The van der Waals surface area contributed by atoms with E-state index in [2.05, 4.69) is 52.9 Å². The Morgan fingerprint density at radius 1 is 0.779 bits per heavy atom. The Morgan fingerprint density at radius 3 is 2.07 bits per heavy atom. The number of fused-ring (bicyclic) bond motifs is 17. The van der Waals surface area contributed by atoms with E-state index < -0.39 is 82.6 Å². The predicted molar refractivity (Wildman–Crippen MR) is 317 cm³/mol. The van der Waals surface area contributed by atoms with Crippen LogP contribution in [0.25, 0.3) is 11.0 Å². The lowest BCUT2D eigenvalue weighted by Crippen LogP contribution is -2.65. The molecule has 2 aromatic heterocycles. The zero-order chi connectivity index (χ0) is 60.6. The van der Waals surface area contributed by atoms with Crippen molar-refractivity contribution in [2.75, 3.05) is 32.1 Å². The van der Waals surface area contributed by atoms with Gasteiger partial charge in [-0.3, -0.25) is 19.6 Å². The zero-order valence-electron chi connectivity index (χ0n) is 52.2. The van der Waals surface area contributed by atoms with E-state index in [1.54, 1.807) is 19.1 Å². The van der Waals surface area contributed by atoms with E-state index in [1.165, 1.54) is 11.6 Å². The number of nitrogens with zero attached hydrogens (tertiary/aromatic N) is 3. The fraction of sp³-hybridized carbons (Fsp3) is 0.725. The van der Waals surface area contributed by atoms with Crippen molar-refractivity contribution < 1.29 is 58.1 Å². The van der Waals surface area contributed by atoms with Crippen LogP contribution in [-0.4, -0.2) is 128 Å². The number of aliphatic hydroxyl groups is 4. The molecular formula is C69H90N4O13. The van der Waals surface area contributed by atoms with Crippen molar-refractivity contribution in [3.8, 4) is 0 Å². The molecule has 5 N–H and O–H groups in total. The minimum Gasteiger partial charge on any atom is -0.461 e. The van der Waals surface area contributed by atoms with Gasteiger partial charge in [-0.15, -0.1) is 0 Å². The predicted octanol–water partition coefficient (Wildman–Crippen LogP) is 7.41. The van der Waals surface area contributed by atoms with Gasteiger partial charge in [-0.2, -0.15) is 0 Å². The monoisotopic (exact) mass is 1180 g/mol. The molecule has 2 spiro atoms. The molecule has 17 nitrogen and oxygen atoms in total. The minimum absolute atomic E-state index is 0.0165. The molecular weight excluding hydrogens is 1090 g/mol. The molecule has 3 aromatic rings. The third-order valence-corrected chi connectivity index (χ3v) is 26.5. The Morgan fingerprint density at radius 2 is 1.43 bits per heavy atom. The number of rotatable bonds is 7. The zero-order valence-corrected chi connectivity index (χ0v) is 52.2. The molecule has 1 aromatic carbocycles. The summed E-state index contributed by atoms with van der Waals surface area (Å²) < 4.78 is 38.4. The second-order valence-corrected chi connectivity index (χ2v) is 31.4. The van der Waals surface area contributed by atoms with E-state index in [4.69, 9.17) is 38.1 Å². The number of carbonyl (C=O) groups excluding carboxylic acids is 2. The van der Waals surface area contributed by atoms with E-state index in [0.717, 1.165) is 105 Å². The van der Waals surface area contributed by atoms with Gasteiger partial charge in [0.25, 0.3) is 0 Å². The van der Waals surface area contributed by atoms with Crippen molar-refractivity contribution >= 4 is 28.5 Å². The molecule has 4 saturated carbocycles. The first-order chi connectivity index (χ1) is 40.5. The normalized spacial score (nSPS) is 46.9. The molecule has 8 aliphatic carbocycles. The molecule has 464 valence electrons. The maximum absolute atomic E-state index is 13.3. The molecule has 1 amide bonds. The van der Waals surface area contributed by atoms with Crippen molar-refractivity contribution in [2.24, 2.45) is 74.9 Å². The SMILES string of the molecule is C[C@@H]1[C@]2(O[C@H]3C=C4[C@@H]5CC[C@H]6Cc7nc8c(nc7C[C@]6(C)[C@H]5C[C@@H](O)[C@]4(C)[C@]31O)C[C@@H]1CC[C@H]3C4=CC5O[C@@]6(CCC(C)(C)O6)[C@@H](C)[C@@H]5[C@@]4(C)[C@H](O)C[C@@H]3[C@@]1(C)C8)O[C@](C)(COC(=O)CNC(=O)Cc1cc(=O)oc3cc(N(C)C)ccc13)C[C@H]2O. The van der Waals surface area contributed by atoms with Gasteiger partial charge in [-0.25, -0.2) is 4.79 Å². The Hall–Kier alpha value is -4.59. The topological polar surface area (TPSA) is 232 Å². The van der Waals surface area contributed by atoms with Gasteiger partial charge >= 0.3 is 11.6 Å². The van der Waals surface area contributed by atoms with Crippen LogP contribution in [0.2, 0.25) is 0 Å². The summed E-state index contributed by atoms with van der Waals surface area (Å²) in [4.78, 5) is 51.8. The Labute approximate surface area is 504 Å². The van der Waals surface area contributed by atoms with Crippen LogP contribution < -0.4 is 15.8 Å². The number of aliphatic hydroxyl groups excluding tert-OH is 3. The smallest absolute Gasteiger partial charge is 0.336 e. The number of esters is 1. The first kappa shape index (κ1) is 57.8. The largest absolute Gasteiger partial charge is 0.461 e. The van der Waals surface area contributed by atoms with Gasteiger partial charge < -0.3 is 58.7 Å². The minimum atomic E-state index is -1.66.